The molecular weight excluding hydrogens is 580 g/mol. The van der Waals surface area contributed by atoms with E-state index in [9.17, 15) is 4.79 Å². The molecule has 8 nitrogen and oxygen atoms in total. The fourth-order valence-electron chi connectivity index (χ4n) is 3.33. The molecule has 0 bridgehead atoms. The molecule has 2 heterocycles. The van der Waals surface area contributed by atoms with Crippen LogP contribution in [0.25, 0.3) is 22.6 Å². The summed E-state index contributed by atoms with van der Waals surface area (Å²) < 4.78 is 18.9. The van der Waals surface area contributed by atoms with Gasteiger partial charge in [0.2, 0.25) is 0 Å². The van der Waals surface area contributed by atoms with Gasteiger partial charge in [-0.1, -0.05) is 42.2 Å². The molecule has 2 aromatic heterocycles. The summed E-state index contributed by atoms with van der Waals surface area (Å²) >= 11 is 6.89. The number of ether oxygens (including phenoxy) is 1. The first-order chi connectivity index (χ1) is 16.5. The highest BCUT2D eigenvalue weighted by atomic mass is 79.9. The maximum absolute atomic E-state index is 13.5. The van der Waals surface area contributed by atoms with Gasteiger partial charge >= 0.3 is 6.09 Å². The van der Waals surface area contributed by atoms with Gasteiger partial charge in [0.1, 0.15) is 28.4 Å². The van der Waals surface area contributed by atoms with Crippen LogP contribution in [0, 0.1) is 13.8 Å². The van der Waals surface area contributed by atoms with Gasteiger partial charge in [-0.25, -0.2) is 4.79 Å². The van der Waals surface area contributed by atoms with Crippen molar-refractivity contribution in [2.45, 2.75) is 40.2 Å². The van der Waals surface area contributed by atoms with E-state index in [2.05, 4.69) is 47.6 Å². The molecule has 0 unspecified atom stereocenters. The molecule has 0 radical (unpaired) electrons. The molecule has 35 heavy (non-hydrogen) atoms. The van der Waals surface area contributed by atoms with E-state index in [0.29, 0.717) is 34.3 Å². The SMILES string of the molecule is Cc1noc(-c2ccc(Br)cc2)c1NN(C(=O)OC(C)(C)C)c1c(C)noc1-c1ccc(Br)cc1. The van der Waals surface area contributed by atoms with E-state index >= 15 is 0 Å². The summed E-state index contributed by atoms with van der Waals surface area (Å²) in [5, 5.41) is 9.55. The van der Waals surface area contributed by atoms with Crippen molar-refractivity contribution in [1.82, 2.24) is 10.3 Å². The lowest BCUT2D eigenvalue weighted by atomic mass is 10.1. The van der Waals surface area contributed by atoms with Gasteiger partial charge in [0.05, 0.1) is 0 Å². The van der Waals surface area contributed by atoms with E-state index in [-0.39, 0.29) is 0 Å². The molecule has 0 saturated carbocycles. The van der Waals surface area contributed by atoms with Crippen molar-refractivity contribution >= 4 is 49.3 Å². The largest absolute Gasteiger partial charge is 0.442 e. The first-order valence-corrected chi connectivity index (χ1v) is 12.4. The average molecular weight is 604 g/mol. The number of amides is 1. The Bertz CT molecular complexity index is 1340. The number of halogens is 2. The number of anilines is 2. The Labute approximate surface area is 219 Å². The number of hydrogen-bond donors (Lipinski definition) is 1. The minimum absolute atomic E-state index is 0.410. The van der Waals surface area contributed by atoms with Crippen molar-refractivity contribution in [3.05, 3.63) is 68.9 Å². The zero-order chi connectivity index (χ0) is 25.3. The van der Waals surface area contributed by atoms with Gasteiger partial charge in [-0.3, -0.25) is 5.43 Å². The molecule has 2 aromatic carbocycles. The number of hydrogen-bond acceptors (Lipinski definition) is 7. The van der Waals surface area contributed by atoms with E-state index in [1.165, 1.54) is 5.01 Å². The van der Waals surface area contributed by atoms with Gasteiger partial charge in [0.25, 0.3) is 0 Å². The van der Waals surface area contributed by atoms with Crippen LogP contribution in [0.5, 0.6) is 0 Å². The third-order valence-electron chi connectivity index (χ3n) is 4.93. The molecule has 0 atom stereocenters. The summed E-state index contributed by atoms with van der Waals surface area (Å²) in [5.74, 6) is 0.885. The van der Waals surface area contributed by atoms with Gasteiger partial charge in [0, 0.05) is 20.1 Å². The maximum Gasteiger partial charge on any atom is 0.434 e. The lowest BCUT2D eigenvalue weighted by molar-refractivity contribution is 0.0589. The number of carbonyl (C=O) groups is 1. The Morgan fingerprint density at radius 3 is 1.89 bits per heavy atom. The van der Waals surface area contributed by atoms with E-state index in [1.807, 2.05) is 48.5 Å². The Morgan fingerprint density at radius 2 is 1.34 bits per heavy atom. The number of aromatic nitrogens is 2. The van der Waals surface area contributed by atoms with Gasteiger partial charge in [0.15, 0.2) is 11.5 Å². The van der Waals surface area contributed by atoms with Gasteiger partial charge in [-0.05, 0) is 83.1 Å². The van der Waals surface area contributed by atoms with Crippen molar-refractivity contribution in [2.75, 3.05) is 10.4 Å². The molecule has 0 aliphatic carbocycles. The quantitative estimate of drug-likeness (QED) is 0.232. The lowest BCUT2D eigenvalue weighted by Crippen LogP contribution is -2.41. The van der Waals surface area contributed by atoms with E-state index in [4.69, 9.17) is 13.8 Å². The molecule has 0 aliphatic rings. The molecule has 0 saturated heterocycles. The summed E-state index contributed by atoms with van der Waals surface area (Å²) in [6.45, 7) is 8.96. The number of aryl methyl sites for hydroxylation is 2. The third kappa shape index (κ3) is 5.59. The molecule has 0 aliphatic heterocycles. The van der Waals surface area contributed by atoms with E-state index in [0.717, 1.165) is 20.1 Å². The smallest absolute Gasteiger partial charge is 0.434 e. The Hall–Kier alpha value is -3.11. The number of benzene rings is 2. The maximum atomic E-state index is 13.5. The molecule has 1 N–H and O–H groups in total. The second-order valence-corrected chi connectivity index (χ2v) is 10.7. The standard InChI is InChI=1S/C25H24Br2N4O4/c1-14-20(22(34-29-14)16-6-10-18(26)11-7-16)28-31(24(32)33-25(3,4)5)21-15(2)30-35-23(21)17-8-12-19(27)13-9-17/h6-13,28H,1-5H3. The minimum Gasteiger partial charge on any atom is -0.442 e. The van der Waals surface area contributed by atoms with Crippen molar-refractivity contribution in [2.24, 2.45) is 0 Å². The molecule has 0 fully saturated rings. The van der Waals surface area contributed by atoms with Crippen LogP contribution in [-0.4, -0.2) is 22.0 Å². The third-order valence-corrected chi connectivity index (χ3v) is 5.99. The molecule has 4 aromatic rings. The highest BCUT2D eigenvalue weighted by Crippen LogP contribution is 2.38. The van der Waals surface area contributed by atoms with Crippen LogP contribution in [0.1, 0.15) is 32.2 Å². The van der Waals surface area contributed by atoms with Crippen molar-refractivity contribution in [1.29, 1.82) is 0 Å². The second kappa shape index (κ2) is 9.87. The van der Waals surface area contributed by atoms with Gasteiger partial charge in [-0.15, -0.1) is 0 Å². The highest BCUT2D eigenvalue weighted by molar-refractivity contribution is 9.10. The number of hydrazine groups is 1. The summed E-state index contributed by atoms with van der Waals surface area (Å²) in [7, 11) is 0. The molecule has 10 heteroatoms. The predicted molar refractivity (Wildman–Crippen MR) is 141 cm³/mol. The van der Waals surface area contributed by atoms with Crippen LogP contribution in [0.2, 0.25) is 0 Å². The van der Waals surface area contributed by atoms with Crippen molar-refractivity contribution in [3.8, 4) is 22.6 Å². The van der Waals surface area contributed by atoms with Crippen LogP contribution >= 0.6 is 31.9 Å². The summed E-state index contributed by atoms with van der Waals surface area (Å²) in [6.07, 6.45) is -0.635. The number of nitrogens with zero attached hydrogens (tertiary/aromatic N) is 3. The average Bonchev–Trinajstić information content (AvgIpc) is 3.34. The zero-order valence-electron chi connectivity index (χ0n) is 19.8. The second-order valence-electron chi connectivity index (χ2n) is 8.86. The van der Waals surface area contributed by atoms with Crippen LogP contribution in [-0.2, 0) is 4.74 Å². The fraction of sp³-hybridized carbons (Fsp3) is 0.240. The van der Waals surface area contributed by atoms with E-state index < -0.39 is 11.7 Å². The summed E-state index contributed by atoms with van der Waals surface area (Å²) in [4.78, 5) is 13.5. The van der Waals surface area contributed by atoms with Crippen LogP contribution < -0.4 is 10.4 Å². The Balaban J connectivity index is 1.82. The first-order valence-electron chi connectivity index (χ1n) is 10.8. The predicted octanol–water partition coefficient (Wildman–Crippen LogP) is 7.91. The molecule has 1 amide bonds. The highest BCUT2D eigenvalue weighted by Gasteiger charge is 2.32. The first kappa shape index (κ1) is 25.0. The van der Waals surface area contributed by atoms with Crippen molar-refractivity contribution in [3.63, 3.8) is 0 Å². The lowest BCUT2D eigenvalue weighted by Gasteiger charge is -2.28. The van der Waals surface area contributed by atoms with Gasteiger partial charge < -0.3 is 13.8 Å². The number of carbonyl (C=O) groups excluding carboxylic acids is 1. The summed E-state index contributed by atoms with van der Waals surface area (Å²) in [6, 6.07) is 15.1. The molecule has 182 valence electrons. The monoisotopic (exact) mass is 602 g/mol. The minimum atomic E-state index is -0.738. The Kier molecular flexibility index (Phi) is 7.05. The van der Waals surface area contributed by atoms with Gasteiger partial charge in [-0.2, -0.15) is 5.01 Å². The summed E-state index contributed by atoms with van der Waals surface area (Å²) in [5.41, 5.74) is 5.97. The molecule has 0 spiro atoms. The van der Waals surface area contributed by atoms with Crippen molar-refractivity contribution < 1.29 is 18.6 Å². The normalized spacial score (nSPS) is 11.4. The number of rotatable bonds is 5. The van der Waals surface area contributed by atoms with E-state index in [1.54, 1.807) is 34.6 Å². The Morgan fingerprint density at radius 1 is 0.857 bits per heavy atom. The molecule has 4 rings (SSSR count). The molecular formula is C25H24Br2N4O4. The van der Waals surface area contributed by atoms with Crippen LogP contribution in [0.4, 0.5) is 16.2 Å². The fourth-order valence-corrected chi connectivity index (χ4v) is 3.86. The zero-order valence-corrected chi connectivity index (χ0v) is 23.0. The van der Waals surface area contributed by atoms with Crippen LogP contribution in [0.15, 0.2) is 66.5 Å². The number of nitrogens with one attached hydrogen (secondary N) is 1. The van der Waals surface area contributed by atoms with Crippen LogP contribution in [0.3, 0.4) is 0 Å². The topological polar surface area (TPSA) is 93.6 Å².